The molecule has 0 unspecified atom stereocenters. The molecule has 8 nitrogen and oxygen atoms in total. The summed E-state index contributed by atoms with van der Waals surface area (Å²) in [6.07, 6.45) is 14.0. The lowest BCUT2D eigenvalue weighted by Crippen LogP contribution is -2.26. The molecule has 0 atom stereocenters. The van der Waals surface area contributed by atoms with E-state index in [9.17, 15) is 0 Å². The number of fused-ring (bicyclic) bond motifs is 2. The average Bonchev–Trinajstić information content (AvgIpc) is 3.48. The Hall–Kier alpha value is -3.52. The van der Waals surface area contributed by atoms with Gasteiger partial charge in [-0.1, -0.05) is 23.8 Å². The lowest BCUT2D eigenvalue weighted by molar-refractivity contribution is 0.301. The summed E-state index contributed by atoms with van der Waals surface area (Å²) in [5.41, 5.74) is 5.98. The van der Waals surface area contributed by atoms with Gasteiger partial charge in [-0.3, -0.25) is 4.40 Å². The molecule has 6 rings (SSSR count). The molecule has 0 saturated heterocycles. The highest BCUT2D eigenvalue weighted by Gasteiger charge is 2.16. The van der Waals surface area contributed by atoms with Crippen molar-refractivity contribution >= 4 is 11.2 Å². The maximum Gasteiger partial charge on any atom is 0.137 e. The van der Waals surface area contributed by atoms with E-state index in [0.29, 0.717) is 6.54 Å². The normalized spacial score (nSPS) is 14.5. The lowest BCUT2D eigenvalue weighted by Gasteiger charge is -2.25. The molecule has 31 heavy (non-hydrogen) atoms. The fraction of sp³-hybridized carbons (Fsp3) is 0.304. The Morgan fingerprint density at radius 3 is 2.94 bits per heavy atom. The van der Waals surface area contributed by atoms with Gasteiger partial charge in [-0.25, -0.2) is 14.6 Å². The van der Waals surface area contributed by atoms with Gasteiger partial charge in [0.05, 0.1) is 42.2 Å². The number of hydrogen-bond acceptors (Lipinski definition) is 5. The Labute approximate surface area is 179 Å². The lowest BCUT2D eigenvalue weighted by atomic mass is 9.85. The highest BCUT2D eigenvalue weighted by Crippen LogP contribution is 2.25. The van der Waals surface area contributed by atoms with E-state index < -0.39 is 0 Å². The van der Waals surface area contributed by atoms with E-state index in [4.69, 9.17) is 4.98 Å². The average molecular weight is 413 g/mol. The van der Waals surface area contributed by atoms with Crippen LogP contribution >= 0.6 is 0 Å². The first-order valence-corrected chi connectivity index (χ1v) is 10.8. The van der Waals surface area contributed by atoms with Gasteiger partial charge in [0.2, 0.25) is 0 Å². The van der Waals surface area contributed by atoms with E-state index >= 15 is 0 Å². The van der Waals surface area contributed by atoms with E-state index in [1.54, 1.807) is 6.33 Å². The molecule has 0 aliphatic heterocycles. The third-order valence-corrected chi connectivity index (χ3v) is 6.12. The minimum atomic E-state index is 0.573. The molecule has 0 bridgehead atoms. The third kappa shape index (κ3) is 3.59. The molecular formula is C23H24N8. The van der Waals surface area contributed by atoms with Gasteiger partial charge in [0.1, 0.15) is 11.3 Å². The monoisotopic (exact) mass is 412 g/mol. The predicted octanol–water partition coefficient (Wildman–Crippen LogP) is 3.18. The van der Waals surface area contributed by atoms with Crippen molar-refractivity contribution in [1.82, 2.24) is 39.1 Å². The SMILES string of the molecule is c1cc(-c2cn(Cc3cn4cc(CNCC5CCC5)ccc4n3)nn2)n2cncc2c1. The second kappa shape index (κ2) is 7.63. The maximum absolute atomic E-state index is 4.74. The smallest absolute Gasteiger partial charge is 0.137 e. The van der Waals surface area contributed by atoms with Crippen LogP contribution in [0.3, 0.4) is 0 Å². The summed E-state index contributed by atoms with van der Waals surface area (Å²) >= 11 is 0. The van der Waals surface area contributed by atoms with Gasteiger partial charge in [0.25, 0.3) is 0 Å². The van der Waals surface area contributed by atoms with Crippen LogP contribution in [-0.4, -0.2) is 40.3 Å². The Bertz CT molecular complexity index is 1340. The van der Waals surface area contributed by atoms with Crippen LogP contribution in [0.15, 0.2) is 61.4 Å². The second-order valence-electron chi connectivity index (χ2n) is 8.36. The number of rotatable bonds is 7. The number of nitrogens with one attached hydrogen (secondary N) is 1. The van der Waals surface area contributed by atoms with Gasteiger partial charge in [0, 0.05) is 18.9 Å². The van der Waals surface area contributed by atoms with Gasteiger partial charge in [-0.05, 0) is 49.1 Å². The molecule has 0 amide bonds. The number of aromatic nitrogens is 7. The first-order valence-electron chi connectivity index (χ1n) is 10.8. The van der Waals surface area contributed by atoms with Gasteiger partial charge in [-0.2, -0.15) is 0 Å². The van der Waals surface area contributed by atoms with E-state index in [1.165, 1.54) is 24.8 Å². The molecule has 5 aromatic rings. The van der Waals surface area contributed by atoms with Crippen LogP contribution in [0, 0.1) is 5.92 Å². The van der Waals surface area contributed by atoms with Crippen LogP contribution in [0.4, 0.5) is 0 Å². The summed E-state index contributed by atoms with van der Waals surface area (Å²) in [5.74, 6) is 0.872. The molecular weight excluding hydrogens is 388 g/mol. The van der Waals surface area contributed by atoms with Crippen LogP contribution in [0.25, 0.3) is 22.6 Å². The van der Waals surface area contributed by atoms with Crippen LogP contribution in [0.5, 0.6) is 0 Å². The highest BCUT2D eigenvalue weighted by atomic mass is 15.4. The fourth-order valence-corrected chi connectivity index (χ4v) is 4.20. The minimum absolute atomic E-state index is 0.573. The number of hydrogen-bond donors (Lipinski definition) is 1. The van der Waals surface area contributed by atoms with Gasteiger partial charge in [-0.15, -0.1) is 5.10 Å². The fourth-order valence-electron chi connectivity index (χ4n) is 4.20. The molecule has 0 aromatic carbocycles. The first-order chi connectivity index (χ1) is 15.3. The largest absolute Gasteiger partial charge is 0.312 e. The van der Waals surface area contributed by atoms with E-state index in [0.717, 1.165) is 47.3 Å². The summed E-state index contributed by atoms with van der Waals surface area (Å²) in [6.45, 7) is 2.59. The molecule has 5 aromatic heterocycles. The number of pyridine rings is 2. The highest BCUT2D eigenvalue weighted by molar-refractivity contribution is 5.60. The molecule has 0 spiro atoms. The minimum Gasteiger partial charge on any atom is -0.312 e. The summed E-state index contributed by atoms with van der Waals surface area (Å²) in [4.78, 5) is 8.96. The van der Waals surface area contributed by atoms with Crippen molar-refractivity contribution in [3.8, 4) is 11.4 Å². The van der Waals surface area contributed by atoms with E-state index in [2.05, 4.69) is 49.5 Å². The van der Waals surface area contributed by atoms with Gasteiger partial charge < -0.3 is 9.72 Å². The molecule has 1 fully saturated rings. The Kier molecular flexibility index (Phi) is 4.49. The molecule has 1 N–H and O–H groups in total. The number of imidazole rings is 2. The topological polar surface area (TPSA) is 77.3 Å². The zero-order valence-electron chi connectivity index (χ0n) is 17.2. The predicted molar refractivity (Wildman–Crippen MR) is 118 cm³/mol. The van der Waals surface area contributed by atoms with Crippen molar-refractivity contribution in [2.24, 2.45) is 5.92 Å². The molecule has 0 radical (unpaired) electrons. The van der Waals surface area contributed by atoms with Crippen molar-refractivity contribution in [3.05, 3.63) is 72.7 Å². The zero-order valence-corrected chi connectivity index (χ0v) is 17.2. The molecule has 1 aliphatic carbocycles. The molecule has 5 heterocycles. The van der Waals surface area contributed by atoms with Crippen molar-refractivity contribution in [1.29, 1.82) is 0 Å². The summed E-state index contributed by atoms with van der Waals surface area (Å²) in [6, 6.07) is 10.3. The summed E-state index contributed by atoms with van der Waals surface area (Å²) in [5, 5.41) is 12.3. The van der Waals surface area contributed by atoms with E-state index in [-0.39, 0.29) is 0 Å². The van der Waals surface area contributed by atoms with Gasteiger partial charge >= 0.3 is 0 Å². The Morgan fingerprint density at radius 2 is 2.03 bits per heavy atom. The van der Waals surface area contributed by atoms with Crippen molar-refractivity contribution in [2.45, 2.75) is 32.4 Å². The van der Waals surface area contributed by atoms with Gasteiger partial charge in [0.15, 0.2) is 0 Å². The third-order valence-electron chi connectivity index (χ3n) is 6.12. The Balaban J connectivity index is 1.18. The number of nitrogens with zero attached hydrogens (tertiary/aromatic N) is 7. The molecule has 1 aliphatic rings. The molecule has 1 saturated carbocycles. The molecule has 156 valence electrons. The molecule has 8 heteroatoms. The zero-order chi connectivity index (χ0) is 20.6. The Morgan fingerprint density at radius 1 is 1.06 bits per heavy atom. The first kappa shape index (κ1) is 18.3. The maximum atomic E-state index is 4.74. The summed E-state index contributed by atoms with van der Waals surface area (Å²) < 4.78 is 5.94. The van der Waals surface area contributed by atoms with Crippen molar-refractivity contribution in [2.75, 3.05) is 6.54 Å². The van der Waals surface area contributed by atoms with Crippen LogP contribution in [-0.2, 0) is 13.1 Å². The van der Waals surface area contributed by atoms with Crippen molar-refractivity contribution in [3.63, 3.8) is 0 Å². The quantitative estimate of drug-likeness (QED) is 0.444. The van der Waals surface area contributed by atoms with Crippen LogP contribution in [0.2, 0.25) is 0 Å². The van der Waals surface area contributed by atoms with E-state index in [1.807, 2.05) is 39.7 Å². The van der Waals surface area contributed by atoms with Crippen molar-refractivity contribution < 1.29 is 0 Å². The second-order valence-corrected chi connectivity index (χ2v) is 8.36. The van der Waals surface area contributed by atoms with Crippen LogP contribution < -0.4 is 5.32 Å². The van der Waals surface area contributed by atoms with Crippen LogP contribution in [0.1, 0.15) is 30.5 Å². The summed E-state index contributed by atoms with van der Waals surface area (Å²) in [7, 11) is 0. The standard InChI is InChI=1S/C23H24N8/c1-3-17(4-1)9-24-10-18-7-8-23-26-19(13-29(23)12-18)14-30-15-21(27-28-30)22-6-2-5-20-11-25-16-31(20)22/h2,5-8,11-13,15-17,24H,1,3-4,9-10,14H2.